The summed E-state index contributed by atoms with van der Waals surface area (Å²) in [7, 11) is 4.00. The quantitative estimate of drug-likeness (QED) is 0.607. The predicted octanol–water partition coefficient (Wildman–Crippen LogP) is 3.30. The van der Waals surface area contributed by atoms with E-state index < -0.39 is 0 Å². The normalized spacial score (nSPS) is 10.1. The molecule has 0 amide bonds. The second-order valence-corrected chi connectivity index (χ2v) is 4.03. The second kappa shape index (κ2) is 7.53. The predicted molar refractivity (Wildman–Crippen MR) is 78.3 cm³/mol. The molecule has 0 fully saturated rings. The molecule has 0 aliphatic heterocycles. The molecule has 0 aliphatic carbocycles. The molecule has 0 radical (unpaired) electrons. The van der Waals surface area contributed by atoms with Gasteiger partial charge >= 0.3 is 0 Å². The highest BCUT2D eigenvalue weighted by atomic mass is 15.1. The molecule has 0 bridgehead atoms. The zero-order valence-corrected chi connectivity index (χ0v) is 11.0. The fourth-order valence-corrected chi connectivity index (χ4v) is 1.37. The van der Waals surface area contributed by atoms with E-state index in [0.29, 0.717) is 0 Å². The molecule has 0 saturated heterocycles. The van der Waals surface area contributed by atoms with E-state index in [4.69, 9.17) is 10.5 Å². The minimum atomic E-state index is 0.0972. The van der Waals surface area contributed by atoms with E-state index in [1.165, 1.54) is 6.08 Å². The molecule has 3 heteroatoms. The van der Waals surface area contributed by atoms with Crippen molar-refractivity contribution in [3.8, 4) is 12.1 Å². The SMILES string of the molecule is CN(C)c1ccc(/C=C/C=C/C=C(C#N)C#N)cc1. The van der Waals surface area contributed by atoms with Gasteiger partial charge in [-0.05, 0) is 23.8 Å². The molecule has 19 heavy (non-hydrogen) atoms. The third kappa shape index (κ3) is 4.93. The summed E-state index contributed by atoms with van der Waals surface area (Å²) in [5.74, 6) is 0. The first-order valence-corrected chi connectivity index (χ1v) is 5.80. The van der Waals surface area contributed by atoms with Crippen molar-refractivity contribution in [2.45, 2.75) is 0 Å². The molecule has 0 aromatic heterocycles. The van der Waals surface area contributed by atoms with Gasteiger partial charge in [-0.1, -0.05) is 36.4 Å². The molecule has 94 valence electrons. The highest BCUT2D eigenvalue weighted by Crippen LogP contribution is 2.13. The Kier molecular flexibility index (Phi) is 5.66. The number of allylic oxidation sites excluding steroid dienone is 5. The summed E-state index contributed by atoms with van der Waals surface area (Å²) in [6, 6.07) is 11.8. The van der Waals surface area contributed by atoms with E-state index in [-0.39, 0.29) is 5.57 Å². The Labute approximate surface area is 114 Å². The zero-order valence-electron chi connectivity index (χ0n) is 11.0. The fourth-order valence-electron chi connectivity index (χ4n) is 1.37. The van der Waals surface area contributed by atoms with Crippen molar-refractivity contribution in [1.29, 1.82) is 10.5 Å². The molecule has 1 aromatic carbocycles. The summed E-state index contributed by atoms with van der Waals surface area (Å²) in [6.07, 6.45) is 8.77. The lowest BCUT2D eigenvalue weighted by Crippen LogP contribution is -2.07. The minimum Gasteiger partial charge on any atom is -0.378 e. The van der Waals surface area contributed by atoms with Gasteiger partial charge in [-0.2, -0.15) is 10.5 Å². The smallest absolute Gasteiger partial charge is 0.129 e. The molecule has 3 nitrogen and oxygen atoms in total. The van der Waals surface area contributed by atoms with Crippen molar-refractivity contribution < 1.29 is 0 Å². The lowest BCUT2D eigenvalue weighted by atomic mass is 10.2. The van der Waals surface area contributed by atoms with Crippen LogP contribution in [0.3, 0.4) is 0 Å². The molecule has 1 aromatic rings. The average molecular weight is 249 g/mol. The number of hydrogen-bond acceptors (Lipinski definition) is 3. The lowest BCUT2D eigenvalue weighted by molar-refractivity contribution is 1.13. The van der Waals surface area contributed by atoms with Gasteiger partial charge in [0.05, 0.1) is 0 Å². The van der Waals surface area contributed by atoms with Crippen LogP contribution in [-0.4, -0.2) is 14.1 Å². The van der Waals surface area contributed by atoms with Gasteiger partial charge in [0.15, 0.2) is 0 Å². The van der Waals surface area contributed by atoms with Crippen LogP contribution in [0.2, 0.25) is 0 Å². The van der Waals surface area contributed by atoms with E-state index in [0.717, 1.165) is 11.3 Å². The first-order valence-electron chi connectivity index (χ1n) is 5.80. The van der Waals surface area contributed by atoms with Gasteiger partial charge in [0, 0.05) is 19.8 Å². The number of hydrogen-bond donors (Lipinski definition) is 0. The molecule has 0 spiro atoms. The maximum Gasteiger partial charge on any atom is 0.129 e. The van der Waals surface area contributed by atoms with Crippen molar-refractivity contribution in [2.75, 3.05) is 19.0 Å². The highest BCUT2D eigenvalue weighted by Gasteiger charge is 1.92. The van der Waals surface area contributed by atoms with Crippen LogP contribution in [0.4, 0.5) is 5.69 Å². The van der Waals surface area contributed by atoms with E-state index in [9.17, 15) is 0 Å². The van der Waals surface area contributed by atoms with Gasteiger partial charge in [-0.3, -0.25) is 0 Å². The summed E-state index contributed by atoms with van der Waals surface area (Å²) in [6.45, 7) is 0. The molecule has 0 atom stereocenters. The Morgan fingerprint density at radius 2 is 1.63 bits per heavy atom. The molecule has 0 saturated carbocycles. The topological polar surface area (TPSA) is 50.8 Å². The van der Waals surface area contributed by atoms with Gasteiger partial charge < -0.3 is 4.90 Å². The molecule has 0 N–H and O–H groups in total. The molecule has 1 rings (SSSR count). The largest absolute Gasteiger partial charge is 0.378 e. The zero-order chi connectivity index (χ0) is 14.1. The summed E-state index contributed by atoms with van der Waals surface area (Å²) in [5, 5.41) is 17.1. The van der Waals surface area contributed by atoms with Crippen molar-refractivity contribution in [2.24, 2.45) is 0 Å². The number of benzene rings is 1. The third-order valence-corrected chi connectivity index (χ3v) is 2.42. The Morgan fingerprint density at radius 1 is 1.00 bits per heavy atom. The van der Waals surface area contributed by atoms with E-state index in [1.54, 1.807) is 24.3 Å². The van der Waals surface area contributed by atoms with Crippen molar-refractivity contribution >= 4 is 11.8 Å². The van der Waals surface area contributed by atoms with Gasteiger partial charge in [0.1, 0.15) is 17.7 Å². The molecular formula is C16H15N3. The van der Waals surface area contributed by atoms with Crippen LogP contribution in [0.15, 0.2) is 54.1 Å². The third-order valence-electron chi connectivity index (χ3n) is 2.42. The number of anilines is 1. The summed E-state index contributed by atoms with van der Waals surface area (Å²) < 4.78 is 0. The van der Waals surface area contributed by atoms with Gasteiger partial charge in [0.25, 0.3) is 0 Å². The number of nitrogens with zero attached hydrogens (tertiary/aromatic N) is 3. The standard InChI is InChI=1S/C16H15N3/c1-19(2)16-10-8-14(9-11-16)6-4-3-5-7-15(12-17)13-18/h3-11H,1-2H3/b5-3+,6-4+. The molecule has 0 heterocycles. The first-order chi connectivity index (χ1) is 9.17. The van der Waals surface area contributed by atoms with Crippen LogP contribution in [0.25, 0.3) is 6.08 Å². The van der Waals surface area contributed by atoms with Crippen LogP contribution in [0.5, 0.6) is 0 Å². The summed E-state index contributed by atoms with van der Waals surface area (Å²) in [5.41, 5.74) is 2.35. The van der Waals surface area contributed by atoms with Gasteiger partial charge in [-0.15, -0.1) is 0 Å². The molecule has 0 unspecified atom stereocenters. The highest BCUT2D eigenvalue weighted by molar-refractivity contribution is 5.56. The van der Waals surface area contributed by atoms with Crippen LogP contribution >= 0.6 is 0 Å². The number of rotatable bonds is 4. The fraction of sp³-hybridized carbons (Fsp3) is 0.125. The van der Waals surface area contributed by atoms with E-state index in [1.807, 2.05) is 55.4 Å². The monoisotopic (exact) mass is 249 g/mol. The maximum atomic E-state index is 8.53. The van der Waals surface area contributed by atoms with Gasteiger partial charge in [0.2, 0.25) is 0 Å². The molecular weight excluding hydrogens is 234 g/mol. The second-order valence-electron chi connectivity index (χ2n) is 4.03. The van der Waals surface area contributed by atoms with Crippen LogP contribution < -0.4 is 4.90 Å². The van der Waals surface area contributed by atoms with Crippen LogP contribution in [0, 0.1) is 22.7 Å². The van der Waals surface area contributed by atoms with E-state index in [2.05, 4.69) is 0 Å². The van der Waals surface area contributed by atoms with Crippen molar-refractivity contribution in [3.05, 3.63) is 59.7 Å². The summed E-state index contributed by atoms with van der Waals surface area (Å²) >= 11 is 0. The molecule has 0 aliphatic rings. The van der Waals surface area contributed by atoms with Crippen molar-refractivity contribution in [3.63, 3.8) is 0 Å². The number of nitriles is 2. The van der Waals surface area contributed by atoms with Crippen LogP contribution in [-0.2, 0) is 0 Å². The first kappa shape index (κ1) is 14.3. The van der Waals surface area contributed by atoms with E-state index >= 15 is 0 Å². The van der Waals surface area contributed by atoms with Gasteiger partial charge in [-0.25, -0.2) is 0 Å². The Balaban J connectivity index is 2.64. The minimum absolute atomic E-state index is 0.0972. The Morgan fingerprint density at radius 3 is 2.16 bits per heavy atom. The Hall–Kier alpha value is -2.78. The van der Waals surface area contributed by atoms with Crippen molar-refractivity contribution in [1.82, 2.24) is 0 Å². The van der Waals surface area contributed by atoms with Crippen LogP contribution in [0.1, 0.15) is 5.56 Å². The lowest BCUT2D eigenvalue weighted by Gasteiger charge is -2.11. The summed E-state index contributed by atoms with van der Waals surface area (Å²) in [4.78, 5) is 2.05. The Bertz CT molecular complexity index is 560. The average Bonchev–Trinajstić information content (AvgIpc) is 2.43. The maximum absolute atomic E-state index is 8.53.